The summed E-state index contributed by atoms with van der Waals surface area (Å²) in [4.78, 5) is 12.2. The highest BCUT2D eigenvalue weighted by Crippen LogP contribution is 2.17. The second kappa shape index (κ2) is 8.27. The smallest absolute Gasteiger partial charge is 0.251 e. The third kappa shape index (κ3) is 4.90. The van der Waals surface area contributed by atoms with E-state index in [1.807, 2.05) is 13.8 Å². The van der Waals surface area contributed by atoms with Crippen LogP contribution in [-0.4, -0.2) is 32.2 Å². The summed E-state index contributed by atoms with van der Waals surface area (Å²) in [7, 11) is -1.99. The molecule has 0 spiro atoms. The summed E-state index contributed by atoms with van der Waals surface area (Å²) >= 11 is 0. The Balaban J connectivity index is 2.08. The van der Waals surface area contributed by atoms with E-state index in [4.69, 9.17) is 0 Å². The van der Waals surface area contributed by atoms with E-state index >= 15 is 0 Å². The van der Waals surface area contributed by atoms with Gasteiger partial charge in [-0.2, -0.15) is 4.31 Å². The fourth-order valence-electron chi connectivity index (χ4n) is 2.33. The number of rotatable bonds is 7. The molecule has 0 aliphatic rings. The number of hydrogen-bond donors (Lipinski definition) is 1. The second-order valence-electron chi connectivity index (χ2n) is 6.03. The topological polar surface area (TPSA) is 66.5 Å². The summed E-state index contributed by atoms with van der Waals surface area (Å²) < 4.78 is 26.5. The zero-order valence-electron chi connectivity index (χ0n) is 14.8. The quantitative estimate of drug-likeness (QED) is 0.825. The molecule has 0 saturated carbocycles. The SMILES string of the molecule is CCCNC(=O)c1ccc(CN(C)S(=O)(=O)c2ccc(C)cc2)cc1. The number of nitrogens with one attached hydrogen (secondary N) is 1. The maximum atomic E-state index is 12.6. The molecule has 0 atom stereocenters. The van der Waals surface area contributed by atoms with Crippen LogP contribution < -0.4 is 5.32 Å². The van der Waals surface area contributed by atoms with E-state index in [2.05, 4.69) is 5.32 Å². The first-order chi connectivity index (χ1) is 11.8. The van der Waals surface area contributed by atoms with Crippen molar-refractivity contribution < 1.29 is 13.2 Å². The van der Waals surface area contributed by atoms with Crippen LogP contribution in [-0.2, 0) is 16.6 Å². The van der Waals surface area contributed by atoms with Crippen molar-refractivity contribution in [2.24, 2.45) is 0 Å². The summed E-state index contributed by atoms with van der Waals surface area (Å²) in [5, 5.41) is 2.81. The van der Waals surface area contributed by atoms with E-state index in [0.717, 1.165) is 17.5 Å². The molecule has 1 N–H and O–H groups in total. The predicted molar refractivity (Wildman–Crippen MR) is 98.9 cm³/mol. The third-order valence-electron chi connectivity index (χ3n) is 3.89. The molecule has 0 saturated heterocycles. The van der Waals surface area contributed by atoms with Crippen LogP contribution in [0.3, 0.4) is 0 Å². The third-order valence-corrected chi connectivity index (χ3v) is 5.70. The fourth-order valence-corrected chi connectivity index (χ4v) is 3.49. The standard InChI is InChI=1S/C19H24N2O3S/c1-4-13-20-19(22)17-9-7-16(8-10-17)14-21(3)25(23,24)18-11-5-15(2)6-12-18/h5-12H,4,13-14H2,1-3H3,(H,20,22). The van der Waals surface area contributed by atoms with E-state index in [1.54, 1.807) is 55.6 Å². The van der Waals surface area contributed by atoms with Crippen LogP contribution in [0.25, 0.3) is 0 Å². The van der Waals surface area contributed by atoms with Crippen LogP contribution in [0.1, 0.15) is 34.8 Å². The Morgan fingerprint density at radius 3 is 2.20 bits per heavy atom. The Morgan fingerprint density at radius 2 is 1.64 bits per heavy atom. The van der Waals surface area contributed by atoms with Gasteiger partial charge in [0, 0.05) is 25.7 Å². The van der Waals surface area contributed by atoms with Crippen molar-refractivity contribution in [2.75, 3.05) is 13.6 Å². The largest absolute Gasteiger partial charge is 0.352 e. The molecule has 0 heterocycles. The number of benzene rings is 2. The first kappa shape index (κ1) is 19.1. The van der Waals surface area contributed by atoms with Gasteiger partial charge in [-0.05, 0) is 43.2 Å². The Labute approximate surface area is 149 Å². The normalized spacial score (nSPS) is 11.5. The minimum atomic E-state index is -3.54. The average Bonchev–Trinajstić information content (AvgIpc) is 2.60. The van der Waals surface area contributed by atoms with E-state index in [9.17, 15) is 13.2 Å². The van der Waals surface area contributed by atoms with Gasteiger partial charge in [0.1, 0.15) is 0 Å². The molecule has 134 valence electrons. The number of carbonyl (C=O) groups excluding carboxylic acids is 1. The molecule has 25 heavy (non-hydrogen) atoms. The van der Waals surface area contributed by atoms with Crippen molar-refractivity contribution >= 4 is 15.9 Å². The lowest BCUT2D eigenvalue weighted by atomic mass is 10.1. The first-order valence-electron chi connectivity index (χ1n) is 8.24. The van der Waals surface area contributed by atoms with Crippen LogP contribution in [0, 0.1) is 6.92 Å². The number of amides is 1. The molecule has 0 radical (unpaired) electrons. The number of aryl methyl sites for hydroxylation is 1. The van der Waals surface area contributed by atoms with Gasteiger partial charge in [-0.1, -0.05) is 36.8 Å². The summed E-state index contributed by atoms with van der Waals surface area (Å²) in [5.41, 5.74) is 2.41. The summed E-state index contributed by atoms with van der Waals surface area (Å²) in [6.07, 6.45) is 0.880. The molecule has 0 aliphatic heterocycles. The Kier molecular flexibility index (Phi) is 6.33. The van der Waals surface area contributed by atoms with Gasteiger partial charge in [0.15, 0.2) is 0 Å². The highest BCUT2D eigenvalue weighted by Gasteiger charge is 2.20. The Hall–Kier alpha value is -2.18. The van der Waals surface area contributed by atoms with Crippen molar-refractivity contribution in [2.45, 2.75) is 31.7 Å². The van der Waals surface area contributed by atoms with Gasteiger partial charge in [0.05, 0.1) is 4.90 Å². The minimum Gasteiger partial charge on any atom is -0.352 e. The van der Waals surface area contributed by atoms with Gasteiger partial charge >= 0.3 is 0 Å². The van der Waals surface area contributed by atoms with Gasteiger partial charge in [0.2, 0.25) is 10.0 Å². The van der Waals surface area contributed by atoms with Crippen molar-refractivity contribution in [3.63, 3.8) is 0 Å². The molecule has 5 nitrogen and oxygen atoms in total. The van der Waals surface area contributed by atoms with Gasteiger partial charge in [0.25, 0.3) is 5.91 Å². The van der Waals surface area contributed by atoms with Crippen molar-refractivity contribution in [1.29, 1.82) is 0 Å². The predicted octanol–water partition coefficient (Wildman–Crippen LogP) is 2.96. The number of nitrogens with zero attached hydrogens (tertiary/aromatic N) is 1. The van der Waals surface area contributed by atoms with Crippen molar-refractivity contribution in [3.05, 3.63) is 65.2 Å². The van der Waals surface area contributed by atoms with Crippen molar-refractivity contribution in [1.82, 2.24) is 9.62 Å². The van der Waals surface area contributed by atoms with E-state index in [0.29, 0.717) is 12.1 Å². The van der Waals surface area contributed by atoms with Gasteiger partial charge < -0.3 is 5.32 Å². The molecule has 0 fully saturated rings. The summed E-state index contributed by atoms with van der Waals surface area (Å²) in [5.74, 6) is -0.117. The van der Waals surface area contributed by atoms with Crippen molar-refractivity contribution in [3.8, 4) is 0 Å². The Morgan fingerprint density at radius 1 is 1.04 bits per heavy atom. The monoisotopic (exact) mass is 360 g/mol. The molecule has 1 amide bonds. The maximum Gasteiger partial charge on any atom is 0.251 e. The molecular weight excluding hydrogens is 336 g/mol. The molecule has 0 aliphatic carbocycles. The molecule has 0 unspecified atom stereocenters. The highest BCUT2D eigenvalue weighted by atomic mass is 32.2. The lowest BCUT2D eigenvalue weighted by Gasteiger charge is -2.17. The highest BCUT2D eigenvalue weighted by molar-refractivity contribution is 7.89. The zero-order chi connectivity index (χ0) is 18.4. The lowest BCUT2D eigenvalue weighted by molar-refractivity contribution is 0.0953. The van der Waals surface area contributed by atoms with Crippen LogP contribution in [0.4, 0.5) is 0 Å². The summed E-state index contributed by atoms with van der Waals surface area (Å²) in [6.45, 7) is 4.79. The van der Waals surface area contributed by atoms with Gasteiger partial charge in [-0.25, -0.2) is 8.42 Å². The first-order valence-corrected chi connectivity index (χ1v) is 9.68. The molecule has 6 heteroatoms. The fraction of sp³-hybridized carbons (Fsp3) is 0.316. The molecule has 2 aromatic rings. The van der Waals surface area contributed by atoms with Crippen LogP contribution in [0.15, 0.2) is 53.4 Å². The number of carbonyl (C=O) groups is 1. The lowest BCUT2D eigenvalue weighted by Crippen LogP contribution is -2.26. The van der Waals surface area contributed by atoms with E-state index < -0.39 is 10.0 Å². The molecule has 2 rings (SSSR count). The molecule has 0 aromatic heterocycles. The zero-order valence-corrected chi connectivity index (χ0v) is 15.6. The van der Waals surface area contributed by atoms with Crippen LogP contribution in [0.5, 0.6) is 0 Å². The van der Waals surface area contributed by atoms with Gasteiger partial charge in [-0.15, -0.1) is 0 Å². The summed E-state index contributed by atoms with van der Waals surface area (Å²) in [6, 6.07) is 13.8. The maximum absolute atomic E-state index is 12.6. The van der Waals surface area contributed by atoms with E-state index in [-0.39, 0.29) is 17.3 Å². The minimum absolute atomic E-state index is 0.117. The average molecular weight is 360 g/mol. The Bertz CT molecular complexity index is 813. The second-order valence-corrected chi connectivity index (χ2v) is 8.07. The molecule has 2 aromatic carbocycles. The van der Waals surface area contributed by atoms with Crippen LogP contribution in [0.2, 0.25) is 0 Å². The molecular formula is C19H24N2O3S. The van der Waals surface area contributed by atoms with Crippen LogP contribution >= 0.6 is 0 Å². The number of sulfonamides is 1. The molecule has 0 bridgehead atoms. The van der Waals surface area contributed by atoms with E-state index in [1.165, 1.54) is 4.31 Å². The number of hydrogen-bond acceptors (Lipinski definition) is 3. The van der Waals surface area contributed by atoms with Gasteiger partial charge in [-0.3, -0.25) is 4.79 Å².